The molecule has 94 valence electrons. The first-order chi connectivity index (χ1) is 8.67. The Hall–Kier alpha value is -1.82. The Bertz CT molecular complexity index is 604. The van der Waals surface area contributed by atoms with Crippen LogP contribution in [0, 0.1) is 5.92 Å². The number of fused-ring (bicyclic) bond motifs is 1. The number of carbonyl (C=O) groups is 1. The zero-order valence-electron chi connectivity index (χ0n) is 9.92. The molecule has 1 fully saturated rings. The first kappa shape index (κ1) is 11.3. The van der Waals surface area contributed by atoms with Gasteiger partial charge in [-0.2, -0.15) is 0 Å². The third kappa shape index (κ3) is 1.78. The Labute approximate surface area is 108 Å². The summed E-state index contributed by atoms with van der Waals surface area (Å²) in [5.74, 6) is 0.540. The van der Waals surface area contributed by atoms with E-state index in [9.17, 15) is 4.79 Å². The third-order valence-corrected chi connectivity index (χ3v) is 4.24. The maximum Gasteiger partial charge on any atom is 0.224 e. The molecule has 1 amide bonds. The van der Waals surface area contributed by atoms with Crippen molar-refractivity contribution in [1.82, 2.24) is 4.98 Å². The summed E-state index contributed by atoms with van der Waals surface area (Å²) in [6.07, 6.45) is 0. The van der Waals surface area contributed by atoms with Gasteiger partial charge in [0.1, 0.15) is 5.75 Å². The third-order valence-electron chi connectivity index (χ3n) is 3.14. The SMILES string of the molecule is COc1ccc2sc(N3CC(C(N)=O)C3)nc2c1. The number of hydrogen-bond acceptors (Lipinski definition) is 5. The van der Waals surface area contributed by atoms with Gasteiger partial charge < -0.3 is 15.4 Å². The van der Waals surface area contributed by atoms with Gasteiger partial charge in [-0.15, -0.1) is 0 Å². The topological polar surface area (TPSA) is 68.5 Å². The van der Waals surface area contributed by atoms with Crippen LogP contribution in [-0.2, 0) is 4.79 Å². The van der Waals surface area contributed by atoms with Crippen molar-refractivity contribution in [3.8, 4) is 5.75 Å². The first-order valence-corrected chi connectivity index (χ1v) is 6.48. The largest absolute Gasteiger partial charge is 0.497 e. The molecule has 5 nitrogen and oxygen atoms in total. The Kier molecular flexibility index (Phi) is 2.59. The number of hydrogen-bond donors (Lipinski definition) is 1. The van der Waals surface area contributed by atoms with Crippen LogP contribution in [0.4, 0.5) is 5.13 Å². The van der Waals surface area contributed by atoms with Crippen molar-refractivity contribution < 1.29 is 9.53 Å². The highest BCUT2D eigenvalue weighted by Gasteiger charge is 2.32. The molecule has 1 saturated heterocycles. The highest BCUT2D eigenvalue weighted by Crippen LogP contribution is 2.34. The lowest BCUT2D eigenvalue weighted by molar-refractivity contribution is -0.122. The monoisotopic (exact) mass is 263 g/mol. The molecule has 0 aliphatic carbocycles. The Balaban J connectivity index is 1.84. The average molecular weight is 263 g/mol. The van der Waals surface area contributed by atoms with Crippen LogP contribution in [0.3, 0.4) is 0 Å². The molecule has 1 aliphatic heterocycles. The Morgan fingerprint density at radius 2 is 2.33 bits per heavy atom. The fourth-order valence-electron chi connectivity index (χ4n) is 1.97. The van der Waals surface area contributed by atoms with Crippen LogP contribution in [0.15, 0.2) is 18.2 Å². The number of nitrogens with zero attached hydrogens (tertiary/aromatic N) is 2. The van der Waals surface area contributed by atoms with Crippen LogP contribution < -0.4 is 15.4 Å². The predicted molar refractivity (Wildman–Crippen MR) is 71.1 cm³/mol. The summed E-state index contributed by atoms with van der Waals surface area (Å²) >= 11 is 1.62. The molecule has 2 heterocycles. The van der Waals surface area contributed by atoms with Crippen molar-refractivity contribution in [2.75, 3.05) is 25.1 Å². The smallest absolute Gasteiger partial charge is 0.224 e. The van der Waals surface area contributed by atoms with Crippen LogP contribution in [0.2, 0.25) is 0 Å². The molecule has 0 bridgehead atoms. The van der Waals surface area contributed by atoms with Crippen LogP contribution in [0.5, 0.6) is 5.75 Å². The van der Waals surface area contributed by atoms with E-state index in [2.05, 4.69) is 9.88 Å². The summed E-state index contributed by atoms with van der Waals surface area (Å²) in [6, 6.07) is 5.84. The van der Waals surface area contributed by atoms with Gasteiger partial charge in [-0.1, -0.05) is 11.3 Å². The lowest BCUT2D eigenvalue weighted by Gasteiger charge is -2.36. The fraction of sp³-hybridized carbons (Fsp3) is 0.333. The molecule has 0 spiro atoms. The number of amides is 1. The summed E-state index contributed by atoms with van der Waals surface area (Å²) in [7, 11) is 1.64. The molecule has 0 atom stereocenters. The van der Waals surface area contributed by atoms with Crippen molar-refractivity contribution >= 4 is 32.6 Å². The first-order valence-electron chi connectivity index (χ1n) is 5.66. The van der Waals surface area contributed by atoms with Gasteiger partial charge in [0.25, 0.3) is 0 Å². The van der Waals surface area contributed by atoms with Crippen LogP contribution in [-0.4, -0.2) is 31.1 Å². The molecule has 2 N–H and O–H groups in total. The van der Waals surface area contributed by atoms with Gasteiger partial charge in [-0.3, -0.25) is 4.79 Å². The van der Waals surface area contributed by atoms with Gasteiger partial charge >= 0.3 is 0 Å². The minimum Gasteiger partial charge on any atom is -0.497 e. The van der Waals surface area contributed by atoms with E-state index in [4.69, 9.17) is 10.5 Å². The number of aromatic nitrogens is 1. The van der Waals surface area contributed by atoms with Crippen LogP contribution >= 0.6 is 11.3 Å². The number of nitrogens with two attached hydrogens (primary N) is 1. The summed E-state index contributed by atoms with van der Waals surface area (Å²) in [6.45, 7) is 1.35. The van der Waals surface area contributed by atoms with Crippen molar-refractivity contribution in [3.63, 3.8) is 0 Å². The van der Waals surface area contributed by atoms with Gasteiger partial charge in [0.15, 0.2) is 5.13 Å². The van der Waals surface area contributed by atoms with E-state index < -0.39 is 0 Å². The molecular formula is C12H13N3O2S. The maximum absolute atomic E-state index is 11.0. The van der Waals surface area contributed by atoms with Crippen molar-refractivity contribution in [3.05, 3.63) is 18.2 Å². The quantitative estimate of drug-likeness (QED) is 0.904. The van der Waals surface area contributed by atoms with Gasteiger partial charge in [0, 0.05) is 19.2 Å². The minimum atomic E-state index is -0.228. The van der Waals surface area contributed by atoms with E-state index in [0.717, 1.165) is 21.1 Å². The van der Waals surface area contributed by atoms with E-state index in [1.54, 1.807) is 18.4 Å². The second-order valence-corrected chi connectivity index (χ2v) is 5.34. The lowest BCUT2D eigenvalue weighted by atomic mass is 10.0. The van der Waals surface area contributed by atoms with E-state index in [-0.39, 0.29) is 11.8 Å². The molecule has 6 heteroatoms. The average Bonchev–Trinajstić information content (AvgIpc) is 2.68. The second-order valence-electron chi connectivity index (χ2n) is 4.33. The predicted octanol–water partition coefficient (Wildman–Crippen LogP) is 1.23. The van der Waals surface area contributed by atoms with Gasteiger partial charge in [-0.05, 0) is 12.1 Å². The highest BCUT2D eigenvalue weighted by molar-refractivity contribution is 7.22. The Morgan fingerprint density at radius 3 is 3.00 bits per heavy atom. The van der Waals surface area contributed by atoms with Gasteiger partial charge in [0.05, 0.1) is 23.2 Å². The number of methoxy groups -OCH3 is 1. The van der Waals surface area contributed by atoms with Crippen molar-refractivity contribution in [1.29, 1.82) is 0 Å². The summed E-state index contributed by atoms with van der Waals surface area (Å²) in [5.41, 5.74) is 6.18. The molecule has 0 radical (unpaired) electrons. The molecule has 1 aromatic heterocycles. The second kappa shape index (κ2) is 4.13. The van der Waals surface area contributed by atoms with Crippen molar-refractivity contribution in [2.24, 2.45) is 11.7 Å². The molecule has 0 unspecified atom stereocenters. The maximum atomic E-state index is 11.0. The van der Waals surface area contributed by atoms with E-state index in [1.165, 1.54) is 0 Å². The Morgan fingerprint density at radius 1 is 1.56 bits per heavy atom. The normalized spacial score (nSPS) is 15.7. The number of thiazole rings is 1. The van der Waals surface area contributed by atoms with E-state index >= 15 is 0 Å². The molecule has 18 heavy (non-hydrogen) atoms. The molecule has 1 aliphatic rings. The number of carbonyl (C=O) groups excluding carboxylic acids is 1. The summed E-state index contributed by atoms with van der Waals surface area (Å²) < 4.78 is 6.29. The number of ether oxygens (including phenoxy) is 1. The van der Waals surface area contributed by atoms with Crippen LogP contribution in [0.25, 0.3) is 10.2 Å². The van der Waals surface area contributed by atoms with Crippen LogP contribution in [0.1, 0.15) is 0 Å². The van der Waals surface area contributed by atoms with E-state index in [0.29, 0.717) is 13.1 Å². The molecule has 2 aromatic rings. The minimum absolute atomic E-state index is 0.0356. The number of anilines is 1. The van der Waals surface area contributed by atoms with Gasteiger partial charge in [0.2, 0.25) is 5.91 Å². The molecule has 3 rings (SSSR count). The number of primary amides is 1. The number of benzene rings is 1. The van der Waals surface area contributed by atoms with Gasteiger partial charge in [-0.25, -0.2) is 4.98 Å². The van der Waals surface area contributed by atoms with Crippen molar-refractivity contribution in [2.45, 2.75) is 0 Å². The molecule has 1 aromatic carbocycles. The zero-order valence-corrected chi connectivity index (χ0v) is 10.7. The number of rotatable bonds is 3. The van der Waals surface area contributed by atoms with E-state index in [1.807, 2.05) is 18.2 Å². The lowest BCUT2D eigenvalue weighted by Crippen LogP contribution is -2.52. The molecular weight excluding hydrogens is 250 g/mol. The molecule has 0 saturated carbocycles. The highest BCUT2D eigenvalue weighted by atomic mass is 32.1. The summed E-state index contributed by atoms with van der Waals surface area (Å²) in [4.78, 5) is 17.6. The summed E-state index contributed by atoms with van der Waals surface area (Å²) in [5, 5.41) is 0.941. The fourth-order valence-corrected chi connectivity index (χ4v) is 2.94. The standard InChI is InChI=1S/C12H13N3O2S/c1-17-8-2-3-10-9(4-8)14-12(18-10)15-5-7(6-15)11(13)16/h2-4,7H,5-6H2,1H3,(H2,13,16). The zero-order chi connectivity index (χ0) is 12.7.